The first kappa shape index (κ1) is 11.9. The van der Waals surface area contributed by atoms with Crippen LogP contribution in [0.15, 0.2) is 21.4 Å². The molecule has 1 aromatic rings. The average molecular weight is 298 g/mol. The smallest absolute Gasteiger partial charge is 0.274 e. The zero-order chi connectivity index (χ0) is 13.2. The maximum absolute atomic E-state index is 12.6. The van der Waals surface area contributed by atoms with E-state index in [0.29, 0.717) is 23.9 Å². The molecule has 19 heavy (non-hydrogen) atoms. The highest BCUT2D eigenvalue weighted by atomic mass is 32.2. The van der Waals surface area contributed by atoms with Gasteiger partial charge in [-0.2, -0.15) is 0 Å². The molecule has 4 heterocycles. The molecule has 0 spiro atoms. The molecule has 4 rings (SSSR count). The molecule has 0 saturated carbocycles. The molecule has 2 saturated heterocycles. The van der Waals surface area contributed by atoms with Crippen LogP contribution in [0.5, 0.6) is 0 Å². The SMILES string of the molecule is CC1OCC2CN3C(=Cc4ccsc4S3(=O)=O)CN21. The number of thiophene rings is 1. The van der Waals surface area contributed by atoms with Crippen LogP contribution in [0, 0.1) is 0 Å². The lowest BCUT2D eigenvalue weighted by Crippen LogP contribution is -2.53. The Kier molecular flexibility index (Phi) is 2.39. The lowest BCUT2D eigenvalue weighted by molar-refractivity contribution is 0.0439. The first-order chi connectivity index (χ1) is 9.07. The molecule has 0 amide bonds. The van der Waals surface area contributed by atoms with E-state index in [0.717, 1.165) is 11.3 Å². The van der Waals surface area contributed by atoms with Gasteiger partial charge in [-0.25, -0.2) is 8.42 Å². The first-order valence-corrected chi connectivity index (χ1v) is 8.57. The molecule has 3 aliphatic rings. The minimum absolute atomic E-state index is 0.0691. The van der Waals surface area contributed by atoms with Crippen molar-refractivity contribution in [2.24, 2.45) is 0 Å². The fourth-order valence-electron chi connectivity index (χ4n) is 3.00. The van der Waals surface area contributed by atoms with Gasteiger partial charge in [0, 0.05) is 17.8 Å². The van der Waals surface area contributed by atoms with Gasteiger partial charge in [-0.1, -0.05) is 0 Å². The third-order valence-electron chi connectivity index (χ3n) is 4.01. The number of piperazine rings is 1. The molecular formula is C12H14N2O3S2. The highest BCUT2D eigenvalue weighted by molar-refractivity contribution is 7.91. The molecule has 0 aliphatic carbocycles. The Morgan fingerprint density at radius 2 is 2.32 bits per heavy atom. The number of fused-ring (bicyclic) bond motifs is 3. The summed E-state index contributed by atoms with van der Waals surface area (Å²) in [5, 5.41) is 1.84. The van der Waals surface area contributed by atoms with Crippen LogP contribution in [-0.2, 0) is 14.8 Å². The topological polar surface area (TPSA) is 49.9 Å². The molecule has 0 bridgehead atoms. The van der Waals surface area contributed by atoms with E-state index in [1.165, 1.54) is 11.3 Å². The van der Waals surface area contributed by atoms with Gasteiger partial charge in [0.1, 0.15) is 10.4 Å². The van der Waals surface area contributed by atoms with Crippen LogP contribution in [0.3, 0.4) is 0 Å². The number of sulfonamides is 1. The number of hydrogen-bond donors (Lipinski definition) is 0. The van der Waals surface area contributed by atoms with Crippen molar-refractivity contribution in [3.8, 4) is 0 Å². The Balaban J connectivity index is 1.82. The van der Waals surface area contributed by atoms with Gasteiger partial charge in [-0.3, -0.25) is 9.21 Å². The molecule has 102 valence electrons. The molecule has 1 aromatic heterocycles. The number of ether oxygens (including phenoxy) is 1. The highest BCUT2D eigenvalue weighted by Crippen LogP contribution is 2.38. The van der Waals surface area contributed by atoms with E-state index in [1.54, 1.807) is 4.31 Å². The Bertz CT molecular complexity index is 664. The Morgan fingerprint density at radius 3 is 3.16 bits per heavy atom. The molecule has 0 N–H and O–H groups in total. The normalized spacial score (nSPS) is 32.5. The number of rotatable bonds is 0. The number of nitrogens with zero attached hydrogens (tertiary/aromatic N) is 2. The summed E-state index contributed by atoms with van der Waals surface area (Å²) in [5.41, 5.74) is 1.68. The summed E-state index contributed by atoms with van der Waals surface area (Å²) in [4.78, 5) is 2.23. The van der Waals surface area contributed by atoms with E-state index in [2.05, 4.69) is 4.90 Å². The zero-order valence-corrected chi connectivity index (χ0v) is 12.1. The van der Waals surface area contributed by atoms with Crippen LogP contribution in [-0.4, -0.2) is 49.6 Å². The van der Waals surface area contributed by atoms with E-state index in [-0.39, 0.29) is 12.3 Å². The predicted molar refractivity (Wildman–Crippen MR) is 72.1 cm³/mol. The van der Waals surface area contributed by atoms with Crippen molar-refractivity contribution in [1.29, 1.82) is 0 Å². The fourth-order valence-corrected chi connectivity index (χ4v) is 5.94. The van der Waals surface area contributed by atoms with Crippen LogP contribution in [0.2, 0.25) is 0 Å². The quantitative estimate of drug-likeness (QED) is 0.721. The molecule has 5 nitrogen and oxygen atoms in total. The van der Waals surface area contributed by atoms with E-state index in [1.807, 2.05) is 24.4 Å². The van der Waals surface area contributed by atoms with Crippen molar-refractivity contribution in [2.75, 3.05) is 19.7 Å². The average Bonchev–Trinajstić information content (AvgIpc) is 2.96. The molecule has 7 heteroatoms. The Morgan fingerprint density at radius 1 is 1.47 bits per heavy atom. The molecule has 2 atom stereocenters. The summed E-state index contributed by atoms with van der Waals surface area (Å²) in [6.45, 7) is 3.76. The van der Waals surface area contributed by atoms with Crippen molar-refractivity contribution in [2.45, 2.75) is 23.4 Å². The van der Waals surface area contributed by atoms with Gasteiger partial charge in [-0.05, 0) is 24.4 Å². The van der Waals surface area contributed by atoms with Crippen molar-refractivity contribution in [3.63, 3.8) is 0 Å². The summed E-state index contributed by atoms with van der Waals surface area (Å²) in [6.07, 6.45) is 2.06. The van der Waals surface area contributed by atoms with Crippen LogP contribution >= 0.6 is 11.3 Å². The second-order valence-electron chi connectivity index (χ2n) is 5.09. The highest BCUT2D eigenvalue weighted by Gasteiger charge is 2.44. The van der Waals surface area contributed by atoms with Gasteiger partial charge in [-0.15, -0.1) is 11.3 Å². The third-order valence-corrected chi connectivity index (χ3v) is 7.32. The second kappa shape index (κ2) is 3.82. The van der Waals surface area contributed by atoms with Crippen LogP contribution in [0.4, 0.5) is 0 Å². The summed E-state index contributed by atoms with van der Waals surface area (Å²) >= 11 is 1.29. The lowest BCUT2D eigenvalue weighted by atomic mass is 10.1. The molecule has 0 radical (unpaired) electrons. The Labute approximate surface area is 116 Å². The molecule has 2 unspecified atom stereocenters. The van der Waals surface area contributed by atoms with Gasteiger partial charge >= 0.3 is 0 Å². The summed E-state index contributed by atoms with van der Waals surface area (Å²) in [7, 11) is -3.35. The van der Waals surface area contributed by atoms with Gasteiger partial charge in [0.15, 0.2) is 0 Å². The van der Waals surface area contributed by atoms with Crippen molar-refractivity contribution >= 4 is 27.4 Å². The van der Waals surface area contributed by atoms with E-state index >= 15 is 0 Å². The maximum Gasteiger partial charge on any atom is 0.274 e. The molecule has 3 aliphatic heterocycles. The Hall–Kier alpha value is -0.890. The summed E-state index contributed by atoms with van der Waals surface area (Å²) < 4.78 is 32.9. The van der Waals surface area contributed by atoms with Gasteiger partial charge < -0.3 is 4.74 Å². The van der Waals surface area contributed by atoms with Gasteiger partial charge in [0.25, 0.3) is 10.0 Å². The predicted octanol–water partition coefficient (Wildman–Crippen LogP) is 1.15. The lowest BCUT2D eigenvalue weighted by Gasteiger charge is -2.41. The second-order valence-corrected chi connectivity index (χ2v) is 8.07. The maximum atomic E-state index is 12.6. The molecule has 0 aromatic carbocycles. The van der Waals surface area contributed by atoms with Crippen LogP contribution < -0.4 is 0 Å². The third kappa shape index (κ3) is 1.56. The minimum atomic E-state index is -3.35. The molecule has 2 fully saturated rings. The van der Waals surface area contributed by atoms with E-state index in [4.69, 9.17) is 4.74 Å². The first-order valence-electron chi connectivity index (χ1n) is 6.25. The van der Waals surface area contributed by atoms with Crippen LogP contribution in [0.1, 0.15) is 12.5 Å². The van der Waals surface area contributed by atoms with Crippen LogP contribution in [0.25, 0.3) is 6.08 Å². The van der Waals surface area contributed by atoms with Crippen molar-refractivity contribution < 1.29 is 13.2 Å². The summed E-state index contributed by atoms with van der Waals surface area (Å²) in [5.74, 6) is 0. The van der Waals surface area contributed by atoms with Gasteiger partial charge in [0.05, 0.1) is 19.2 Å². The van der Waals surface area contributed by atoms with Crippen molar-refractivity contribution in [3.05, 3.63) is 22.7 Å². The van der Waals surface area contributed by atoms with E-state index < -0.39 is 10.0 Å². The standard InChI is InChI=1S/C12H14N2O3S2/c1-8-13-5-10-4-9-2-3-18-12(9)19(15,16)14(10)6-11(13)7-17-8/h2-4,8,11H,5-7H2,1H3. The fraction of sp³-hybridized carbons (Fsp3) is 0.500. The van der Waals surface area contributed by atoms with E-state index in [9.17, 15) is 8.42 Å². The minimum Gasteiger partial charge on any atom is -0.362 e. The molecular weight excluding hydrogens is 284 g/mol. The number of hydrogen-bond acceptors (Lipinski definition) is 5. The van der Waals surface area contributed by atoms with Crippen molar-refractivity contribution in [1.82, 2.24) is 9.21 Å². The monoisotopic (exact) mass is 298 g/mol. The summed E-state index contributed by atoms with van der Waals surface area (Å²) in [6, 6.07) is 2.04. The largest absolute Gasteiger partial charge is 0.362 e. The zero-order valence-electron chi connectivity index (χ0n) is 10.4. The van der Waals surface area contributed by atoms with Gasteiger partial charge in [0.2, 0.25) is 0 Å².